The van der Waals surface area contributed by atoms with E-state index < -0.39 is 0 Å². The van der Waals surface area contributed by atoms with Crippen LogP contribution in [-0.2, 0) is 17.9 Å². The van der Waals surface area contributed by atoms with Crippen molar-refractivity contribution in [2.45, 2.75) is 20.0 Å². The molecular formula is C16H14BNO3. The number of benzene rings is 2. The van der Waals surface area contributed by atoms with Crippen LogP contribution in [0.25, 0.3) is 4.85 Å². The zero-order chi connectivity index (χ0) is 14.8. The van der Waals surface area contributed by atoms with Gasteiger partial charge in [-0.05, 0) is 35.3 Å². The van der Waals surface area contributed by atoms with Crippen molar-refractivity contribution in [3.05, 3.63) is 58.9 Å². The maximum atomic E-state index is 9.40. The quantitative estimate of drug-likeness (QED) is 0.694. The van der Waals surface area contributed by atoms with Crippen molar-refractivity contribution < 1.29 is 14.5 Å². The van der Waals surface area contributed by atoms with Crippen LogP contribution in [0.5, 0.6) is 11.5 Å². The van der Waals surface area contributed by atoms with E-state index in [1.807, 2.05) is 25.0 Å². The zero-order valence-corrected chi connectivity index (χ0v) is 11.7. The second-order valence-electron chi connectivity index (χ2n) is 4.98. The van der Waals surface area contributed by atoms with Gasteiger partial charge >= 0.3 is 6.92 Å². The van der Waals surface area contributed by atoms with E-state index in [0.29, 0.717) is 29.4 Å². The van der Waals surface area contributed by atoms with Gasteiger partial charge < -0.3 is 14.5 Å². The van der Waals surface area contributed by atoms with Gasteiger partial charge in [-0.1, -0.05) is 19.0 Å². The maximum Gasteiger partial charge on any atom is 0.324 e. The summed E-state index contributed by atoms with van der Waals surface area (Å²) in [6.45, 7) is 9.58. The molecule has 5 heteroatoms. The first kappa shape index (κ1) is 13.7. The molecule has 1 aliphatic rings. The van der Waals surface area contributed by atoms with Crippen LogP contribution in [0.4, 0.5) is 5.69 Å². The van der Waals surface area contributed by atoms with Gasteiger partial charge in [0.15, 0.2) is 5.69 Å². The second kappa shape index (κ2) is 5.61. The molecule has 0 radical (unpaired) electrons. The number of ether oxygens (including phenoxy) is 1. The summed E-state index contributed by atoms with van der Waals surface area (Å²) >= 11 is 0. The molecule has 0 bridgehead atoms. The first-order chi connectivity index (χ1) is 10.2. The van der Waals surface area contributed by atoms with E-state index in [2.05, 4.69) is 4.85 Å². The SMILES string of the molecule is [C-]#[N+]c1ccc(Oc2ccc3c(c2)COB3C)c(CO)c1. The van der Waals surface area contributed by atoms with E-state index >= 15 is 0 Å². The Labute approximate surface area is 123 Å². The van der Waals surface area contributed by atoms with Gasteiger partial charge in [0.05, 0.1) is 19.8 Å². The Hall–Kier alpha value is -2.29. The average Bonchev–Trinajstić information content (AvgIpc) is 2.88. The number of fused-ring (bicyclic) bond motifs is 1. The molecule has 3 rings (SSSR count). The van der Waals surface area contributed by atoms with Crippen LogP contribution in [0.3, 0.4) is 0 Å². The standard InChI is InChI=1S/C16H14BNO3/c1-17-15-5-4-14(8-12(15)10-20-17)21-16-6-3-13(18-2)7-11(16)9-19/h3-8,19H,9-10H2,1H3. The predicted octanol–water partition coefficient (Wildman–Crippen LogP) is 2.88. The Bertz CT molecular complexity index is 724. The van der Waals surface area contributed by atoms with E-state index in [4.69, 9.17) is 16.0 Å². The first-order valence-electron chi connectivity index (χ1n) is 6.75. The fourth-order valence-corrected chi connectivity index (χ4v) is 2.46. The van der Waals surface area contributed by atoms with Gasteiger partial charge in [-0.25, -0.2) is 4.85 Å². The van der Waals surface area contributed by atoms with Gasteiger partial charge in [0.25, 0.3) is 0 Å². The van der Waals surface area contributed by atoms with Crippen molar-refractivity contribution in [1.82, 2.24) is 0 Å². The summed E-state index contributed by atoms with van der Waals surface area (Å²) in [7, 11) is 0. The highest BCUT2D eigenvalue weighted by molar-refractivity contribution is 6.67. The van der Waals surface area contributed by atoms with Crippen LogP contribution in [0.1, 0.15) is 11.1 Å². The molecule has 2 aromatic rings. The smallest absolute Gasteiger partial charge is 0.324 e. The molecule has 0 unspecified atom stereocenters. The Balaban J connectivity index is 1.89. The number of aliphatic hydroxyl groups excluding tert-OH is 1. The topological polar surface area (TPSA) is 43.0 Å². The van der Waals surface area contributed by atoms with Gasteiger partial charge in [0, 0.05) is 5.56 Å². The molecule has 21 heavy (non-hydrogen) atoms. The zero-order valence-electron chi connectivity index (χ0n) is 11.7. The molecule has 0 aliphatic carbocycles. The van der Waals surface area contributed by atoms with Gasteiger partial charge in [0.1, 0.15) is 11.5 Å². The molecule has 1 aliphatic heterocycles. The summed E-state index contributed by atoms with van der Waals surface area (Å²) in [5, 5.41) is 9.40. The summed E-state index contributed by atoms with van der Waals surface area (Å²) in [5.74, 6) is 1.27. The third-order valence-corrected chi connectivity index (χ3v) is 3.61. The lowest BCUT2D eigenvalue weighted by Crippen LogP contribution is -2.23. The summed E-state index contributed by atoms with van der Waals surface area (Å²) in [4.78, 5) is 3.35. The van der Waals surface area contributed by atoms with Crippen molar-refractivity contribution in [2.75, 3.05) is 0 Å². The van der Waals surface area contributed by atoms with E-state index in [-0.39, 0.29) is 13.5 Å². The number of hydrogen-bond acceptors (Lipinski definition) is 3. The summed E-state index contributed by atoms with van der Waals surface area (Å²) < 4.78 is 11.4. The van der Waals surface area contributed by atoms with Crippen LogP contribution >= 0.6 is 0 Å². The van der Waals surface area contributed by atoms with Crippen molar-refractivity contribution in [2.24, 2.45) is 0 Å². The minimum absolute atomic E-state index is 0.125. The monoisotopic (exact) mass is 279 g/mol. The number of nitrogens with zero attached hydrogens (tertiary/aromatic N) is 1. The van der Waals surface area contributed by atoms with Crippen molar-refractivity contribution in [3.63, 3.8) is 0 Å². The van der Waals surface area contributed by atoms with Crippen molar-refractivity contribution in [3.8, 4) is 11.5 Å². The predicted molar refractivity (Wildman–Crippen MR) is 81.2 cm³/mol. The first-order valence-corrected chi connectivity index (χ1v) is 6.75. The third-order valence-electron chi connectivity index (χ3n) is 3.61. The number of hydrogen-bond donors (Lipinski definition) is 1. The molecule has 1 heterocycles. The van der Waals surface area contributed by atoms with Gasteiger partial charge in [0.2, 0.25) is 0 Å². The minimum Gasteiger partial charge on any atom is -0.457 e. The van der Waals surface area contributed by atoms with Crippen LogP contribution in [0, 0.1) is 6.57 Å². The van der Waals surface area contributed by atoms with E-state index in [1.165, 1.54) is 5.46 Å². The molecule has 0 aromatic heterocycles. The Kier molecular flexibility index (Phi) is 3.65. The second-order valence-corrected chi connectivity index (χ2v) is 4.98. The van der Waals surface area contributed by atoms with Crippen LogP contribution in [0.15, 0.2) is 36.4 Å². The van der Waals surface area contributed by atoms with Gasteiger partial charge in [-0.2, -0.15) is 0 Å². The molecule has 2 aromatic carbocycles. The van der Waals surface area contributed by atoms with E-state index in [9.17, 15) is 5.11 Å². The highest BCUT2D eigenvalue weighted by Crippen LogP contribution is 2.30. The lowest BCUT2D eigenvalue weighted by atomic mass is 9.64. The molecule has 1 N–H and O–H groups in total. The van der Waals surface area contributed by atoms with Crippen LogP contribution < -0.4 is 10.2 Å². The van der Waals surface area contributed by atoms with Gasteiger partial charge in [-0.15, -0.1) is 0 Å². The normalized spacial score (nSPS) is 12.9. The van der Waals surface area contributed by atoms with Crippen molar-refractivity contribution >= 4 is 18.1 Å². The molecule has 0 amide bonds. The third kappa shape index (κ3) is 2.64. The summed E-state index contributed by atoms with van der Waals surface area (Å²) in [5.41, 5.74) is 3.41. The molecule has 0 atom stereocenters. The molecule has 0 saturated carbocycles. The Morgan fingerprint density at radius 2 is 2.19 bits per heavy atom. The lowest BCUT2D eigenvalue weighted by molar-refractivity contribution is 0.276. The summed E-state index contributed by atoms with van der Waals surface area (Å²) in [6.07, 6.45) is 0. The van der Waals surface area contributed by atoms with E-state index in [0.717, 1.165) is 5.56 Å². The van der Waals surface area contributed by atoms with E-state index in [1.54, 1.807) is 18.2 Å². The van der Waals surface area contributed by atoms with Gasteiger partial charge in [-0.3, -0.25) is 0 Å². The Morgan fingerprint density at radius 1 is 1.33 bits per heavy atom. The average molecular weight is 279 g/mol. The lowest BCUT2D eigenvalue weighted by Gasteiger charge is -2.11. The van der Waals surface area contributed by atoms with Crippen molar-refractivity contribution in [1.29, 1.82) is 0 Å². The molecule has 0 fully saturated rings. The minimum atomic E-state index is -0.163. The Morgan fingerprint density at radius 3 is 2.95 bits per heavy atom. The highest BCUT2D eigenvalue weighted by atomic mass is 16.5. The fourth-order valence-electron chi connectivity index (χ4n) is 2.46. The largest absolute Gasteiger partial charge is 0.457 e. The van der Waals surface area contributed by atoms with Crippen LogP contribution in [0.2, 0.25) is 6.82 Å². The molecule has 0 saturated heterocycles. The maximum absolute atomic E-state index is 9.40. The summed E-state index contributed by atoms with van der Waals surface area (Å²) in [6, 6.07) is 10.9. The molecule has 4 nitrogen and oxygen atoms in total. The molecule has 104 valence electrons. The number of rotatable bonds is 3. The molecular weight excluding hydrogens is 265 g/mol. The number of aliphatic hydroxyl groups is 1. The fraction of sp³-hybridized carbons (Fsp3) is 0.188. The highest BCUT2D eigenvalue weighted by Gasteiger charge is 2.23. The molecule has 0 spiro atoms. The van der Waals surface area contributed by atoms with Crippen LogP contribution in [-0.4, -0.2) is 12.0 Å².